The summed E-state index contributed by atoms with van der Waals surface area (Å²) in [5.74, 6) is 0. The van der Waals surface area contributed by atoms with Gasteiger partial charge in [-0.2, -0.15) is 0 Å². The van der Waals surface area contributed by atoms with Gasteiger partial charge in [0.25, 0.3) is 0 Å². The molecule has 7 aromatic rings. The SMILES string of the molecule is CC1=Cc2c(-c3cccc4ccccc34)cccc2[CH]1[Zr]([Cl])([Cl])([CH]1C(C)=Cc2c(-c3cccc4ccccc34)cccc21)=[Si](C)c1ccccc1. The summed E-state index contributed by atoms with van der Waals surface area (Å²) in [6, 6.07) is 55.3. The van der Waals surface area contributed by atoms with Gasteiger partial charge in [0, 0.05) is 0 Å². The molecule has 4 heteroatoms. The molecule has 0 saturated carbocycles. The second-order valence-electron chi connectivity index (χ2n) is 14.5. The minimum atomic E-state index is -5.16. The van der Waals surface area contributed by atoms with Crippen molar-refractivity contribution in [1.82, 2.24) is 0 Å². The molecule has 0 nitrogen and oxygen atoms in total. The summed E-state index contributed by atoms with van der Waals surface area (Å²) in [6.07, 6.45) is 4.83. The molecule has 0 fully saturated rings. The standard InChI is InChI=1S/2C20H15.C7H8Si.2ClH.Zr/c2*1-14-12-16-8-5-11-19(20(16)13-14)18-10-4-7-15-6-2-3-9-17(15)18;1-8-7-5-3-2-4-6-7;;;/h2*2-13H,1H3;2-6H,1H3;2*1H;/q;;;;;+2/p-2. The molecule has 2 atom stereocenters. The van der Waals surface area contributed by atoms with Crippen molar-refractivity contribution in [2.75, 3.05) is 0 Å². The van der Waals surface area contributed by atoms with Crippen molar-refractivity contribution in [3.63, 3.8) is 0 Å². The van der Waals surface area contributed by atoms with Crippen molar-refractivity contribution >= 4 is 61.3 Å². The normalized spacial score (nSPS) is 16.9. The maximum absolute atomic E-state index is 8.86. The Hall–Kier alpha value is -3.78. The summed E-state index contributed by atoms with van der Waals surface area (Å²) in [7, 11) is 17.7. The van der Waals surface area contributed by atoms with Crippen LogP contribution in [-0.4, -0.2) is 5.43 Å². The van der Waals surface area contributed by atoms with E-state index in [1.807, 2.05) is 0 Å². The van der Waals surface area contributed by atoms with Crippen LogP contribution in [0.3, 0.4) is 0 Å². The molecule has 2 unspecified atom stereocenters. The van der Waals surface area contributed by atoms with Crippen molar-refractivity contribution in [2.45, 2.75) is 27.6 Å². The van der Waals surface area contributed by atoms with Crippen LogP contribution in [0.1, 0.15) is 43.4 Å². The molecule has 0 bridgehead atoms. The Morgan fingerprint density at radius 2 is 0.843 bits per heavy atom. The molecule has 9 rings (SSSR count). The first kappa shape index (κ1) is 33.1. The number of benzene rings is 7. The molecule has 2 aliphatic carbocycles. The first-order valence-corrected chi connectivity index (χ1v) is 32.7. The van der Waals surface area contributed by atoms with Gasteiger partial charge >= 0.3 is 311 Å². The third-order valence-electron chi connectivity index (χ3n) is 11.7. The number of hydrogen-bond acceptors (Lipinski definition) is 0. The number of allylic oxidation sites excluding steroid dienone is 2. The minimum absolute atomic E-state index is 0.0284. The molecule has 0 saturated heterocycles. The molecule has 0 amide bonds. The molecule has 0 aromatic heterocycles. The molecular formula is C47H38Cl2SiZr. The third-order valence-corrected chi connectivity index (χ3v) is 54.6. The fraction of sp³-hybridized carbons (Fsp3) is 0.106. The molecule has 0 spiro atoms. The van der Waals surface area contributed by atoms with Crippen LogP contribution in [0.25, 0.3) is 56.0 Å². The molecule has 0 radical (unpaired) electrons. The Labute approximate surface area is 308 Å². The Kier molecular flexibility index (Phi) is 8.06. The fourth-order valence-corrected chi connectivity index (χ4v) is 47.9. The van der Waals surface area contributed by atoms with Gasteiger partial charge in [-0.3, -0.25) is 0 Å². The van der Waals surface area contributed by atoms with Gasteiger partial charge in [0.1, 0.15) is 0 Å². The van der Waals surface area contributed by atoms with Crippen LogP contribution in [0, 0.1) is 0 Å². The summed E-state index contributed by atoms with van der Waals surface area (Å²) in [5.41, 5.74) is 11.2. The Balaban J connectivity index is 1.31. The van der Waals surface area contributed by atoms with Gasteiger partial charge in [-0.05, 0) is 0 Å². The monoisotopic (exact) mass is 790 g/mol. The molecule has 0 N–H and O–H groups in total. The first-order chi connectivity index (χ1) is 24.7. The van der Waals surface area contributed by atoms with E-state index in [1.54, 1.807) is 0 Å². The predicted octanol–water partition coefficient (Wildman–Crippen LogP) is 13.5. The predicted molar refractivity (Wildman–Crippen MR) is 221 cm³/mol. The zero-order chi connectivity index (χ0) is 34.9. The van der Waals surface area contributed by atoms with Crippen LogP contribution in [-0.2, 0) is 15.0 Å². The Morgan fingerprint density at radius 3 is 1.33 bits per heavy atom. The number of fused-ring (bicyclic) bond motifs is 4. The second kappa shape index (κ2) is 12.4. The van der Waals surface area contributed by atoms with Gasteiger partial charge in [-0.25, -0.2) is 0 Å². The van der Waals surface area contributed by atoms with Gasteiger partial charge < -0.3 is 0 Å². The van der Waals surface area contributed by atoms with Gasteiger partial charge in [0.2, 0.25) is 0 Å². The van der Waals surface area contributed by atoms with Crippen LogP contribution >= 0.6 is 17.0 Å². The molecule has 0 heterocycles. The molecular weight excluding hydrogens is 755 g/mol. The zero-order valence-corrected chi connectivity index (χ0v) is 34.0. The fourth-order valence-electron chi connectivity index (χ4n) is 9.46. The Morgan fingerprint density at radius 1 is 0.451 bits per heavy atom. The summed E-state index contributed by atoms with van der Waals surface area (Å²) in [6.45, 7) is 7.00. The van der Waals surface area contributed by atoms with Crippen LogP contribution < -0.4 is 5.19 Å². The van der Waals surface area contributed by atoms with Gasteiger partial charge in [0.05, 0.1) is 0 Å². The van der Waals surface area contributed by atoms with E-state index in [1.165, 1.54) is 82.4 Å². The summed E-state index contributed by atoms with van der Waals surface area (Å²) in [4.78, 5) is 0. The van der Waals surface area contributed by atoms with Crippen LogP contribution in [0.2, 0.25) is 6.55 Å². The van der Waals surface area contributed by atoms with Gasteiger partial charge in [-0.1, -0.05) is 0 Å². The molecule has 0 aliphatic heterocycles. The summed E-state index contributed by atoms with van der Waals surface area (Å²) < 4.78 is -0.0568. The van der Waals surface area contributed by atoms with E-state index in [9.17, 15) is 0 Å². The van der Waals surface area contributed by atoms with Crippen molar-refractivity contribution in [1.29, 1.82) is 0 Å². The topological polar surface area (TPSA) is 0 Å². The van der Waals surface area contributed by atoms with E-state index in [0.717, 1.165) is 0 Å². The zero-order valence-electron chi connectivity index (χ0n) is 29.0. The molecule has 7 aromatic carbocycles. The van der Waals surface area contributed by atoms with E-state index in [2.05, 4.69) is 184 Å². The quantitative estimate of drug-likeness (QED) is 0.152. The van der Waals surface area contributed by atoms with Crippen LogP contribution in [0.15, 0.2) is 163 Å². The molecule has 248 valence electrons. The van der Waals surface area contributed by atoms with Gasteiger partial charge in [0.15, 0.2) is 0 Å². The second-order valence-corrected chi connectivity index (χ2v) is 51.2. The van der Waals surface area contributed by atoms with Crippen LogP contribution in [0.4, 0.5) is 0 Å². The van der Waals surface area contributed by atoms with Crippen molar-refractivity contribution in [3.8, 4) is 22.3 Å². The maximum atomic E-state index is 8.86. The van der Waals surface area contributed by atoms with E-state index >= 15 is 0 Å². The van der Waals surface area contributed by atoms with Crippen molar-refractivity contribution in [3.05, 3.63) is 185 Å². The molecule has 51 heavy (non-hydrogen) atoms. The number of halogens is 2. The van der Waals surface area contributed by atoms with E-state index in [0.29, 0.717) is 0 Å². The summed E-state index contributed by atoms with van der Waals surface area (Å²) >= 11 is -5.16. The van der Waals surface area contributed by atoms with E-state index in [-0.39, 0.29) is 7.25 Å². The Bertz CT molecular complexity index is 2530. The van der Waals surface area contributed by atoms with E-state index in [4.69, 9.17) is 17.0 Å². The molecule has 2 aliphatic rings. The average molecular weight is 793 g/mol. The summed E-state index contributed by atoms with van der Waals surface area (Å²) in [5, 5.41) is 6.33. The van der Waals surface area contributed by atoms with Crippen molar-refractivity contribution in [2.24, 2.45) is 0 Å². The van der Waals surface area contributed by atoms with Gasteiger partial charge in [-0.15, -0.1) is 0 Å². The third kappa shape index (κ3) is 5.02. The van der Waals surface area contributed by atoms with Crippen molar-refractivity contribution < 1.29 is 15.0 Å². The first-order valence-electron chi connectivity index (χ1n) is 17.8. The number of rotatable bonds is 5. The number of hydrogen-bond donors (Lipinski definition) is 0. The average Bonchev–Trinajstić information content (AvgIpc) is 3.71. The van der Waals surface area contributed by atoms with Crippen LogP contribution in [0.5, 0.6) is 0 Å². The van der Waals surface area contributed by atoms with E-state index < -0.39 is 20.4 Å².